The molecule has 1 rings (SSSR count). The summed E-state index contributed by atoms with van der Waals surface area (Å²) in [6, 6.07) is 0. The summed E-state index contributed by atoms with van der Waals surface area (Å²) in [5.74, 6) is 0.770. The highest BCUT2D eigenvalue weighted by molar-refractivity contribution is 7.91. The van der Waals surface area contributed by atoms with Gasteiger partial charge in [-0.05, 0) is 25.2 Å². The monoisotopic (exact) mass is 204 g/mol. The molecule has 0 radical (unpaired) electrons. The van der Waals surface area contributed by atoms with E-state index >= 15 is 0 Å². The first-order valence-corrected chi connectivity index (χ1v) is 7.18. The molecule has 1 saturated carbocycles. The Morgan fingerprint density at radius 1 is 1.15 bits per heavy atom. The quantitative estimate of drug-likeness (QED) is 0.647. The molecule has 0 aromatic rings. The van der Waals surface area contributed by atoms with E-state index in [1.54, 1.807) is 0 Å². The van der Waals surface area contributed by atoms with Crippen LogP contribution in [0.5, 0.6) is 0 Å². The Balaban J connectivity index is 2.55. The summed E-state index contributed by atoms with van der Waals surface area (Å²) in [5, 5.41) is -0.0518. The second-order valence-corrected chi connectivity index (χ2v) is 6.56. The second-order valence-electron chi connectivity index (χ2n) is 4.23. The van der Waals surface area contributed by atoms with Crippen LogP contribution in [0.4, 0.5) is 0 Å². The fourth-order valence-electron chi connectivity index (χ4n) is 2.18. The molecule has 2 nitrogen and oxygen atoms in total. The normalized spacial score (nSPS) is 31.2. The Labute approximate surface area is 81.6 Å². The van der Waals surface area contributed by atoms with Crippen molar-refractivity contribution in [1.29, 1.82) is 0 Å². The molecule has 0 spiro atoms. The highest BCUT2D eigenvalue weighted by atomic mass is 32.2. The van der Waals surface area contributed by atoms with Crippen molar-refractivity contribution in [2.24, 2.45) is 5.92 Å². The predicted molar refractivity (Wildman–Crippen MR) is 55.5 cm³/mol. The lowest BCUT2D eigenvalue weighted by Crippen LogP contribution is -2.18. The van der Waals surface area contributed by atoms with Crippen molar-refractivity contribution < 1.29 is 8.42 Å². The van der Waals surface area contributed by atoms with Crippen molar-refractivity contribution in [3.63, 3.8) is 0 Å². The van der Waals surface area contributed by atoms with Crippen LogP contribution in [0.3, 0.4) is 0 Å². The summed E-state index contributed by atoms with van der Waals surface area (Å²) < 4.78 is 22.7. The maximum atomic E-state index is 11.3. The van der Waals surface area contributed by atoms with E-state index in [0.717, 1.165) is 31.6 Å². The molecular formula is C10H20O2S. The molecule has 2 atom stereocenters. The molecule has 1 fully saturated rings. The van der Waals surface area contributed by atoms with E-state index < -0.39 is 9.84 Å². The minimum Gasteiger partial charge on any atom is -0.229 e. The Morgan fingerprint density at radius 3 is 2.38 bits per heavy atom. The number of hydrogen-bond donors (Lipinski definition) is 0. The standard InChI is InChI=1S/C10H20O2S/c1-3-9-5-4-6-10(8-7-9)13(2,11)12/h9-10H,3-8H2,1-2H3. The van der Waals surface area contributed by atoms with Gasteiger partial charge in [-0.3, -0.25) is 0 Å². The van der Waals surface area contributed by atoms with Crippen molar-refractivity contribution in [2.45, 2.75) is 50.7 Å². The number of rotatable bonds is 2. The molecular weight excluding hydrogens is 184 g/mol. The van der Waals surface area contributed by atoms with E-state index in [0.29, 0.717) is 0 Å². The lowest BCUT2D eigenvalue weighted by molar-refractivity contribution is 0.446. The molecule has 0 N–H and O–H groups in total. The van der Waals surface area contributed by atoms with E-state index in [1.807, 2.05) is 0 Å². The molecule has 0 saturated heterocycles. The van der Waals surface area contributed by atoms with Gasteiger partial charge >= 0.3 is 0 Å². The molecule has 1 aliphatic carbocycles. The SMILES string of the molecule is CCC1CCCC(S(C)(=O)=O)CC1. The van der Waals surface area contributed by atoms with Gasteiger partial charge in [0, 0.05) is 6.26 Å². The molecule has 78 valence electrons. The van der Waals surface area contributed by atoms with Crippen LogP contribution in [-0.2, 0) is 9.84 Å². The van der Waals surface area contributed by atoms with Crippen LogP contribution in [-0.4, -0.2) is 19.9 Å². The highest BCUT2D eigenvalue weighted by Gasteiger charge is 2.24. The molecule has 1 aliphatic rings. The average molecular weight is 204 g/mol. The van der Waals surface area contributed by atoms with E-state index in [1.165, 1.54) is 19.1 Å². The van der Waals surface area contributed by atoms with Crippen LogP contribution in [0.15, 0.2) is 0 Å². The van der Waals surface area contributed by atoms with Gasteiger partial charge in [0.15, 0.2) is 0 Å². The van der Waals surface area contributed by atoms with Gasteiger partial charge in [0.25, 0.3) is 0 Å². The first kappa shape index (κ1) is 11.0. The van der Waals surface area contributed by atoms with Crippen molar-refractivity contribution in [1.82, 2.24) is 0 Å². The smallest absolute Gasteiger partial charge is 0.150 e. The summed E-state index contributed by atoms with van der Waals surface area (Å²) in [6.45, 7) is 2.20. The Kier molecular flexibility index (Phi) is 3.77. The molecule has 0 bridgehead atoms. The minimum atomic E-state index is -2.78. The molecule has 2 unspecified atom stereocenters. The lowest BCUT2D eigenvalue weighted by atomic mass is 9.98. The third-order valence-corrected chi connectivity index (χ3v) is 4.90. The zero-order valence-corrected chi connectivity index (χ0v) is 9.44. The first-order chi connectivity index (χ1) is 6.04. The summed E-state index contributed by atoms with van der Waals surface area (Å²) in [5.41, 5.74) is 0. The number of sulfone groups is 1. The Hall–Kier alpha value is -0.0500. The lowest BCUT2D eigenvalue weighted by Gasteiger charge is -2.12. The van der Waals surface area contributed by atoms with Crippen molar-refractivity contribution in [2.75, 3.05) is 6.26 Å². The maximum absolute atomic E-state index is 11.3. The van der Waals surface area contributed by atoms with Gasteiger partial charge in [-0.2, -0.15) is 0 Å². The summed E-state index contributed by atoms with van der Waals surface area (Å²) >= 11 is 0. The van der Waals surface area contributed by atoms with Crippen LogP contribution in [0.2, 0.25) is 0 Å². The van der Waals surface area contributed by atoms with Crippen LogP contribution in [0.1, 0.15) is 45.4 Å². The largest absolute Gasteiger partial charge is 0.229 e. The van der Waals surface area contributed by atoms with Gasteiger partial charge in [0.1, 0.15) is 9.84 Å². The third-order valence-electron chi connectivity index (χ3n) is 3.22. The van der Waals surface area contributed by atoms with E-state index in [4.69, 9.17) is 0 Å². The molecule has 13 heavy (non-hydrogen) atoms. The maximum Gasteiger partial charge on any atom is 0.150 e. The molecule has 0 aromatic heterocycles. The molecule has 0 aliphatic heterocycles. The van der Waals surface area contributed by atoms with Gasteiger partial charge in [-0.15, -0.1) is 0 Å². The molecule has 0 aromatic carbocycles. The van der Waals surface area contributed by atoms with E-state index in [9.17, 15) is 8.42 Å². The zero-order valence-electron chi connectivity index (χ0n) is 8.62. The highest BCUT2D eigenvalue weighted by Crippen LogP contribution is 2.28. The number of hydrogen-bond acceptors (Lipinski definition) is 2. The third kappa shape index (κ3) is 3.29. The topological polar surface area (TPSA) is 34.1 Å². The fraction of sp³-hybridized carbons (Fsp3) is 1.00. The average Bonchev–Trinajstić information content (AvgIpc) is 2.26. The predicted octanol–water partition coefficient (Wildman–Crippen LogP) is 2.39. The summed E-state index contributed by atoms with van der Waals surface area (Å²) in [6.07, 6.45) is 7.78. The molecule has 0 heterocycles. The second kappa shape index (κ2) is 4.45. The van der Waals surface area contributed by atoms with Crippen molar-refractivity contribution in [3.05, 3.63) is 0 Å². The van der Waals surface area contributed by atoms with Crippen LogP contribution in [0.25, 0.3) is 0 Å². The first-order valence-electron chi connectivity index (χ1n) is 5.23. The van der Waals surface area contributed by atoms with Crippen LogP contribution >= 0.6 is 0 Å². The van der Waals surface area contributed by atoms with Crippen LogP contribution < -0.4 is 0 Å². The van der Waals surface area contributed by atoms with Crippen LogP contribution in [0, 0.1) is 5.92 Å². The van der Waals surface area contributed by atoms with E-state index in [-0.39, 0.29) is 5.25 Å². The Bertz CT molecular complexity index is 244. The summed E-state index contributed by atoms with van der Waals surface area (Å²) in [4.78, 5) is 0. The van der Waals surface area contributed by atoms with Gasteiger partial charge in [0.2, 0.25) is 0 Å². The van der Waals surface area contributed by atoms with Gasteiger partial charge in [-0.1, -0.05) is 26.2 Å². The van der Waals surface area contributed by atoms with E-state index in [2.05, 4.69) is 6.92 Å². The molecule has 0 amide bonds. The van der Waals surface area contributed by atoms with Gasteiger partial charge in [0.05, 0.1) is 5.25 Å². The molecule has 3 heteroatoms. The minimum absolute atomic E-state index is 0.0518. The van der Waals surface area contributed by atoms with Crippen molar-refractivity contribution in [3.8, 4) is 0 Å². The summed E-state index contributed by atoms with van der Waals surface area (Å²) in [7, 11) is -2.78. The van der Waals surface area contributed by atoms with Crippen molar-refractivity contribution >= 4 is 9.84 Å². The zero-order chi connectivity index (χ0) is 9.90. The van der Waals surface area contributed by atoms with Gasteiger partial charge in [-0.25, -0.2) is 8.42 Å². The van der Waals surface area contributed by atoms with Gasteiger partial charge < -0.3 is 0 Å². The fourth-order valence-corrected chi connectivity index (χ4v) is 3.34. The Morgan fingerprint density at radius 2 is 1.85 bits per heavy atom.